The fourth-order valence-electron chi connectivity index (χ4n) is 4.05. The van der Waals surface area contributed by atoms with Crippen LogP contribution in [0, 0.1) is 0 Å². The molecule has 0 N–H and O–H groups in total. The van der Waals surface area contributed by atoms with Gasteiger partial charge < -0.3 is 0 Å². The molecule has 0 aromatic carbocycles. The van der Waals surface area contributed by atoms with E-state index in [0.717, 1.165) is 25.7 Å². The molecule has 3 heteroatoms. The van der Waals surface area contributed by atoms with Crippen LogP contribution in [0.4, 0.5) is 0 Å². The summed E-state index contributed by atoms with van der Waals surface area (Å²) in [6.45, 7) is 4.52. The molecule has 1 aliphatic rings. The minimum Gasteiger partial charge on any atom is -0.249 e. The van der Waals surface area contributed by atoms with Crippen molar-refractivity contribution in [2.24, 2.45) is 4.36 Å². The maximum atomic E-state index is 13.7. The fourth-order valence-corrected chi connectivity index (χ4v) is 7.21. The normalized spacial score (nSPS) is 19.6. The molecule has 138 valence electrons. The lowest BCUT2D eigenvalue weighted by Gasteiger charge is -2.26. The van der Waals surface area contributed by atoms with Crippen molar-refractivity contribution >= 4 is 9.73 Å². The van der Waals surface area contributed by atoms with Gasteiger partial charge in [0.25, 0.3) is 0 Å². The maximum Gasteiger partial charge on any atom is 0.0523 e. The molecule has 0 heterocycles. The van der Waals surface area contributed by atoms with E-state index in [2.05, 4.69) is 18.2 Å². The first-order valence-electron chi connectivity index (χ1n) is 10.3. The van der Waals surface area contributed by atoms with Crippen molar-refractivity contribution in [3.8, 4) is 0 Å². The van der Waals surface area contributed by atoms with Gasteiger partial charge in [-0.2, -0.15) is 0 Å². The first-order chi connectivity index (χ1) is 11.2. The predicted molar refractivity (Wildman–Crippen MR) is 105 cm³/mol. The molecule has 2 nitrogen and oxygen atoms in total. The molecule has 2 atom stereocenters. The Morgan fingerprint density at radius 3 is 1.83 bits per heavy atom. The molecule has 1 aliphatic carbocycles. The summed E-state index contributed by atoms with van der Waals surface area (Å²) in [5.41, 5.74) is 0. The van der Waals surface area contributed by atoms with Gasteiger partial charge in [-0.1, -0.05) is 84.5 Å². The van der Waals surface area contributed by atoms with Crippen molar-refractivity contribution in [1.29, 1.82) is 0 Å². The second-order valence-corrected chi connectivity index (χ2v) is 10.3. The topological polar surface area (TPSA) is 29.4 Å². The molecule has 1 rings (SSSR count). The number of hydrogen-bond acceptors (Lipinski definition) is 2. The number of nitrogens with zero attached hydrogens (tertiary/aromatic N) is 1. The van der Waals surface area contributed by atoms with Crippen LogP contribution in [0.15, 0.2) is 4.36 Å². The van der Waals surface area contributed by atoms with Crippen molar-refractivity contribution < 1.29 is 4.21 Å². The van der Waals surface area contributed by atoms with Gasteiger partial charge in [-0.25, -0.2) is 8.57 Å². The van der Waals surface area contributed by atoms with Gasteiger partial charge in [0.1, 0.15) is 0 Å². The van der Waals surface area contributed by atoms with Gasteiger partial charge in [-0.05, 0) is 25.7 Å². The smallest absolute Gasteiger partial charge is 0.0523 e. The highest BCUT2D eigenvalue weighted by Crippen LogP contribution is 2.33. The van der Waals surface area contributed by atoms with Gasteiger partial charge in [0.15, 0.2) is 0 Å². The highest BCUT2D eigenvalue weighted by molar-refractivity contribution is 7.94. The molecule has 1 saturated carbocycles. The molecule has 23 heavy (non-hydrogen) atoms. The van der Waals surface area contributed by atoms with Crippen LogP contribution in [0.3, 0.4) is 0 Å². The summed E-state index contributed by atoms with van der Waals surface area (Å²) in [7, 11) is -0.171. The van der Waals surface area contributed by atoms with E-state index in [-0.39, 0.29) is 0 Å². The van der Waals surface area contributed by atoms with Crippen molar-refractivity contribution in [3.05, 3.63) is 0 Å². The Bertz CT molecular complexity index is 392. The Hall–Kier alpha value is -0.0500. The Morgan fingerprint density at radius 1 is 0.870 bits per heavy atom. The molecule has 0 aliphatic heterocycles. The molecule has 0 aromatic rings. The Morgan fingerprint density at radius 2 is 1.35 bits per heavy atom. The van der Waals surface area contributed by atoms with E-state index in [1.165, 1.54) is 70.6 Å². The van der Waals surface area contributed by atoms with E-state index in [0.29, 0.717) is 10.5 Å². The van der Waals surface area contributed by atoms with Crippen molar-refractivity contribution in [1.82, 2.24) is 0 Å². The quantitative estimate of drug-likeness (QED) is 0.341. The van der Waals surface area contributed by atoms with E-state index in [4.69, 9.17) is 0 Å². The second kappa shape index (κ2) is 12.3. The van der Waals surface area contributed by atoms with Crippen LogP contribution in [0.5, 0.6) is 0 Å². The van der Waals surface area contributed by atoms with Gasteiger partial charge in [-0.3, -0.25) is 0 Å². The summed E-state index contributed by atoms with van der Waals surface area (Å²) in [5, 5.41) is 0.744. The minimum atomic E-state index is -2.00. The highest BCUT2D eigenvalue weighted by Gasteiger charge is 2.32. The summed E-state index contributed by atoms with van der Waals surface area (Å²) < 4.78 is 18.2. The molecule has 1 fully saturated rings. The lowest BCUT2D eigenvalue weighted by molar-refractivity contribution is 0.538. The third-order valence-corrected chi connectivity index (χ3v) is 8.98. The number of unbranched alkanes of at least 4 members (excludes halogenated alkanes) is 7. The first kappa shape index (κ1) is 21.0. The molecule has 0 spiro atoms. The van der Waals surface area contributed by atoms with Crippen molar-refractivity contribution in [2.75, 3.05) is 7.05 Å². The zero-order chi connectivity index (χ0) is 17.0. The molecule has 0 aromatic heterocycles. The van der Waals surface area contributed by atoms with Gasteiger partial charge in [0.05, 0.1) is 9.73 Å². The Balaban J connectivity index is 2.61. The standard InChI is InChI=1S/C20H41NOS/c1-4-6-8-10-12-16-19(15-11-9-7-5-2)23(22,21-3)20-17-13-14-18-20/h19-20H,4-18H2,1-3H3. The average Bonchev–Trinajstić information content (AvgIpc) is 3.11. The molecule has 0 amide bonds. The van der Waals surface area contributed by atoms with Crippen LogP contribution in [-0.2, 0) is 9.73 Å². The van der Waals surface area contributed by atoms with E-state index in [1.807, 2.05) is 7.05 Å². The van der Waals surface area contributed by atoms with Crippen LogP contribution in [0.2, 0.25) is 0 Å². The average molecular weight is 344 g/mol. The van der Waals surface area contributed by atoms with Crippen LogP contribution in [-0.4, -0.2) is 21.8 Å². The van der Waals surface area contributed by atoms with E-state index >= 15 is 0 Å². The minimum absolute atomic E-state index is 0.356. The fraction of sp³-hybridized carbons (Fsp3) is 1.00. The predicted octanol–water partition coefficient (Wildman–Crippen LogP) is 6.73. The summed E-state index contributed by atoms with van der Waals surface area (Å²) in [6.07, 6.45) is 18.8. The SMILES string of the molecule is CCCCCCCC(CCCCCC)S(=O)(=NC)C1CCCC1. The lowest BCUT2D eigenvalue weighted by Crippen LogP contribution is -2.30. The molecule has 0 bridgehead atoms. The molecule has 0 saturated heterocycles. The number of hydrogen-bond donors (Lipinski definition) is 0. The third kappa shape index (κ3) is 7.15. The summed E-state index contributed by atoms with van der Waals surface area (Å²) in [6, 6.07) is 0. The van der Waals surface area contributed by atoms with Gasteiger partial charge in [0, 0.05) is 17.5 Å². The van der Waals surface area contributed by atoms with Crippen LogP contribution in [0.25, 0.3) is 0 Å². The van der Waals surface area contributed by atoms with Crippen molar-refractivity contribution in [2.45, 2.75) is 121 Å². The maximum absolute atomic E-state index is 13.7. The van der Waals surface area contributed by atoms with Gasteiger partial charge >= 0.3 is 0 Å². The second-order valence-electron chi connectivity index (χ2n) is 7.38. The van der Waals surface area contributed by atoms with E-state index < -0.39 is 9.73 Å². The molecular weight excluding hydrogens is 302 g/mol. The highest BCUT2D eigenvalue weighted by atomic mass is 32.2. The van der Waals surface area contributed by atoms with Crippen LogP contribution < -0.4 is 0 Å². The summed E-state index contributed by atoms with van der Waals surface area (Å²) in [5.74, 6) is 0. The van der Waals surface area contributed by atoms with Crippen molar-refractivity contribution in [3.63, 3.8) is 0 Å². The van der Waals surface area contributed by atoms with Crippen LogP contribution >= 0.6 is 0 Å². The lowest BCUT2D eigenvalue weighted by atomic mass is 10.0. The first-order valence-corrected chi connectivity index (χ1v) is 12.0. The monoisotopic (exact) mass is 343 g/mol. The van der Waals surface area contributed by atoms with Crippen LogP contribution in [0.1, 0.15) is 110 Å². The largest absolute Gasteiger partial charge is 0.249 e. The molecule has 0 radical (unpaired) electrons. The zero-order valence-electron chi connectivity index (χ0n) is 16.0. The Labute approximate surface area is 146 Å². The number of rotatable bonds is 13. The van der Waals surface area contributed by atoms with E-state index in [9.17, 15) is 4.21 Å². The van der Waals surface area contributed by atoms with Gasteiger partial charge in [0.2, 0.25) is 0 Å². The summed E-state index contributed by atoms with van der Waals surface area (Å²) in [4.78, 5) is 0. The third-order valence-electron chi connectivity index (χ3n) is 5.55. The Kier molecular flexibility index (Phi) is 11.3. The summed E-state index contributed by atoms with van der Waals surface area (Å²) >= 11 is 0. The van der Waals surface area contributed by atoms with Gasteiger partial charge in [-0.15, -0.1) is 0 Å². The zero-order valence-corrected chi connectivity index (χ0v) is 16.8. The molecular formula is C20H41NOS. The van der Waals surface area contributed by atoms with E-state index in [1.54, 1.807) is 0 Å². The molecule has 2 unspecified atom stereocenters.